The molecule has 10 heteroatoms. The van der Waals surface area contributed by atoms with E-state index in [2.05, 4.69) is 22.2 Å². The zero-order valence-electron chi connectivity index (χ0n) is 19.0. The number of carbonyl (C=O) groups is 1. The van der Waals surface area contributed by atoms with E-state index in [1.807, 2.05) is 28.8 Å². The molecule has 1 N–H and O–H groups in total. The highest BCUT2D eigenvalue weighted by molar-refractivity contribution is 7.88. The molecule has 4 heterocycles. The molecule has 0 aromatic carbocycles. The lowest BCUT2D eigenvalue weighted by Crippen LogP contribution is -2.45. The minimum Gasteiger partial charge on any atom is -0.351 e. The van der Waals surface area contributed by atoms with E-state index in [1.165, 1.54) is 10.6 Å². The van der Waals surface area contributed by atoms with E-state index < -0.39 is 10.0 Å². The third-order valence-corrected chi connectivity index (χ3v) is 7.81. The molecule has 0 aliphatic carbocycles. The molecule has 2 aromatic heterocycles. The third kappa shape index (κ3) is 5.31. The quantitative estimate of drug-likeness (QED) is 0.614. The van der Waals surface area contributed by atoms with Crippen LogP contribution in [0, 0.1) is 0 Å². The van der Waals surface area contributed by atoms with Crippen LogP contribution in [-0.2, 0) is 10.0 Å². The number of carbonyl (C=O) groups excluding carboxylic acids is 1. The van der Waals surface area contributed by atoms with Crippen LogP contribution in [0.25, 0.3) is 5.52 Å². The van der Waals surface area contributed by atoms with Gasteiger partial charge in [-0.3, -0.25) is 4.79 Å². The van der Waals surface area contributed by atoms with Crippen LogP contribution in [0.15, 0.2) is 24.4 Å². The molecule has 0 radical (unpaired) electrons. The molecule has 0 unspecified atom stereocenters. The molecular weight excluding hydrogens is 428 g/mol. The molecule has 2 aliphatic heterocycles. The maximum Gasteiger partial charge on any atom is 0.272 e. The van der Waals surface area contributed by atoms with Crippen LogP contribution in [0.5, 0.6) is 0 Å². The Labute approximate surface area is 190 Å². The molecule has 1 amide bonds. The zero-order valence-corrected chi connectivity index (χ0v) is 19.9. The molecule has 4 rings (SSSR count). The van der Waals surface area contributed by atoms with Crippen LogP contribution >= 0.6 is 0 Å². The van der Waals surface area contributed by atoms with Gasteiger partial charge in [0, 0.05) is 57.9 Å². The lowest BCUT2D eigenvalue weighted by atomic mass is 9.99. The van der Waals surface area contributed by atoms with Crippen LogP contribution in [0.1, 0.15) is 41.5 Å². The van der Waals surface area contributed by atoms with Crippen molar-refractivity contribution in [1.29, 1.82) is 0 Å². The molecule has 0 bridgehead atoms. The molecule has 0 spiro atoms. The summed E-state index contributed by atoms with van der Waals surface area (Å²) in [4.78, 5) is 22.5. The average Bonchev–Trinajstić information content (AvgIpc) is 3.17. The molecule has 2 fully saturated rings. The summed E-state index contributed by atoms with van der Waals surface area (Å²) < 4.78 is 27.5. The highest BCUT2D eigenvalue weighted by Crippen LogP contribution is 2.29. The Bertz CT molecular complexity index is 1050. The summed E-state index contributed by atoms with van der Waals surface area (Å²) >= 11 is 0. The van der Waals surface area contributed by atoms with Crippen molar-refractivity contribution in [3.05, 3.63) is 35.9 Å². The second kappa shape index (κ2) is 9.86. The number of sulfonamides is 1. The van der Waals surface area contributed by atoms with Crippen molar-refractivity contribution in [3.8, 4) is 0 Å². The van der Waals surface area contributed by atoms with Crippen molar-refractivity contribution in [3.63, 3.8) is 0 Å². The first-order chi connectivity index (χ1) is 15.3. The topological polar surface area (TPSA) is 90.3 Å². The van der Waals surface area contributed by atoms with Crippen molar-refractivity contribution >= 4 is 21.4 Å². The van der Waals surface area contributed by atoms with Crippen LogP contribution in [0.3, 0.4) is 0 Å². The maximum absolute atomic E-state index is 13.0. The number of piperazine rings is 1. The minimum absolute atomic E-state index is 0.0350. The number of amides is 1. The number of rotatable bonds is 7. The van der Waals surface area contributed by atoms with Gasteiger partial charge in [0.1, 0.15) is 5.82 Å². The van der Waals surface area contributed by atoms with E-state index in [0.717, 1.165) is 63.3 Å². The molecule has 1 atom stereocenters. The fraction of sp³-hybridized carbons (Fsp3) is 0.636. The number of nitrogens with one attached hydrogen (secondary N) is 1. The van der Waals surface area contributed by atoms with Crippen molar-refractivity contribution in [1.82, 2.24) is 28.8 Å². The van der Waals surface area contributed by atoms with Gasteiger partial charge in [-0.2, -0.15) is 0 Å². The summed E-state index contributed by atoms with van der Waals surface area (Å²) in [6.45, 7) is 6.86. The van der Waals surface area contributed by atoms with Crippen molar-refractivity contribution in [2.75, 3.05) is 65.7 Å². The van der Waals surface area contributed by atoms with Crippen LogP contribution in [0.2, 0.25) is 0 Å². The number of hydrogen-bond donors (Lipinski definition) is 1. The Morgan fingerprint density at radius 3 is 2.72 bits per heavy atom. The molecule has 2 aliphatic rings. The summed E-state index contributed by atoms with van der Waals surface area (Å²) in [7, 11) is -1.10. The fourth-order valence-electron chi connectivity index (χ4n) is 4.63. The standard InChI is InChI=1S/C22H34N6O3S/c1-25-13-15-26(16-14-25)10-6-9-23-22(29)20-19-8-3-4-12-28(19)21(24-20)18-7-5-11-27(17-18)32(2,30)31/h3-4,8,12,18H,5-7,9-11,13-17H2,1-2H3,(H,23,29)/t18-/m0/s1. The summed E-state index contributed by atoms with van der Waals surface area (Å²) in [5, 5.41) is 3.03. The number of nitrogens with zero attached hydrogens (tertiary/aromatic N) is 5. The smallest absolute Gasteiger partial charge is 0.272 e. The molecule has 0 saturated carbocycles. The molecule has 2 aromatic rings. The molecule has 176 valence electrons. The first kappa shape index (κ1) is 23.2. The normalized spacial score (nSPS) is 21.8. The van der Waals surface area contributed by atoms with Gasteiger partial charge in [0.2, 0.25) is 10.0 Å². The lowest BCUT2D eigenvalue weighted by molar-refractivity contribution is 0.0946. The average molecular weight is 463 g/mol. The number of fused-ring (bicyclic) bond motifs is 1. The SMILES string of the molecule is CN1CCN(CCCNC(=O)c2nc([C@H]3CCCN(S(C)(=O)=O)C3)n3ccccc23)CC1. The number of hydrogen-bond acceptors (Lipinski definition) is 6. The molecule has 9 nitrogen and oxygen atoms in total. The summed E-state index contributed by atoms with van der Waals surface area (Å²) in [6.07, 6.45) is 5.70. The number of pyridine rings is 1. The van der Waals surface area contributed by atoms with Gasteiger partial charge in [0.25, 0.3) is 5.91 Å². The van der Waals surface area contributed by atoms with Gasteiger partial charge in [-0.1, -0.05) is 6.07 Å². The van der Waals surface area contributed by atoms with Gasteiger partial charge < -0.3 is 19.5 Å². The zero-order chi connectivity index (χ0) is 22.7. The third-order valence-electron chi connectivity index (χ3n) is 6.54. The predicted molar refractivity (Wildman–Crippen MR) is 124 cm³/mol. The van der Waals surface area contributed by atoms with E-state index in [0.29, 0.717) is 25.3 Å². The van der Waals surface area contributed by atoms with E-state index in [4.69, 9.17) is 4.98 Å². The first-order valence-electron chi connectivity index (χ1n) is 11.4. The Morgan fingerprint density at radius 1 is 1.19 bits per heavy atom. The molecule has 32 heavy (non-hydrogen) atoms. The highest BCUT2D eigenvalue weighted by Gasteiger charge is 2.30. The van der Waals surface area contributed by atoms with Gasteiger partial charge in [0.15, 0.2) is 5.69 Å². The summed E-state index contributed by atoms with van der Waals surface area (Å²) in [5.41, 5.74) is 1.17. The van der Waals surface area contributed by atoms with E-state index >= 15 is 0 Å². The number of piperidine rings is 1. The van der Waals surface area contributed by atoms with Crippen molar-refractivity contribution < 1.29 is 13.2 Å². The fourth-order valence-corrected chi connectivity index (χ4v) is 5.54. The Kier molecular flexibility index (Phi) is 7.14. The predicted octanol–water partition coefficient (Wildman–Crippen LogP) is 0.841. The van der Waals surface area contributed by atoms with Crippen molar-refractivity contribution in [2.45, 2.75) is 25.2 Å². The van der Waals surface area contributed by atoms with Crippen LogP contribution in [-0.4, -0.2) is 103 Å². The second-order valence-electron chi connectivity index (χ2n) is 8.99. The van der Waals surface area contributed by atoms with Crippen LogP contribution in [0.4, 0.5) is 0 Å². The van der Waals surface area contributed by atoms with Crippen LogP contribution < -0.4 is 5.32 Å². The first-order valence-corrected chi connectivity index (χ1v) is 13.3. The molecule has 2 saturated heterocycles. The highest BCUT2D eigenvalue weighted by atomic mass is 32.2. The monoisotopic (exact) mass is 462 g/mol. The lowest BCUT2D eigenvalue weighted by Gasteiger charge is -2.32. The largest absolute Gasteiger partial charge is 0.351 e. The Morgan fingerprint density at radius 2 is 1.97 bits per heavy atom. The maximum atomic E-state index is 13.0. The number of aromatic nitrogens is 2. The number of imidazole rings is 1. The van der Waals surface area contributed by atoms with E-state index in [1.54, 1.807) is 0 Å². The summed E-state index contributed by atoms with van der Waals surface area (Å²) in [6, 6.07) is 5.70. The minimum atomic E-state index is -3.25. The van der Waals surface area contributed by atoms with Crippen molar-refractivity contribution in [2.24, 2.45) is 0 Å². The van der Waals surface area contributed by atoms with Gasteiger partial charge in [-0.15, -0.1) is 0 Å². The van der Waals surface area contributed by atoms with E-state index in [-0.39, 0.29) is 11.8 Å². The second-order valence-corrected chi connectivity index (χ2v) is 11.0. The summed E-state index contributed by atoms with van der Waals surface area (Å²) in [5.74, 6) is 0.554. The molecular formula is C22H34N6O3S. The van der Waals surface area contributed by atoms with Gasteiger partial charge in [-0.05, 0) is 45.0 Å². The van der Waals surface area contributed by atoms with Gasteiger partial charge in [0.05, 0.1) is 11.8 Å². The van der Waals surface area contributed by atoms with E-state index in [9.17, 15) is 13.2 Å². The van der Waals surface area contributed by atoms with Gasteiger partial charge >= 0.3 is 0 Å². The number of likely N-dealkylation sites (N-methyl/N-ethyl adjacent to an activating group) is 1. The van der Waals surface area contributed by atoms with Gasteiger partial charge in [-0.25, -0.2) is 17.7 Å². The Balaban J connectivity index is 1.42. The Hall–Kier alpha value is -2.01.